The quantitative estimate of drug-likeness (QED) is 0.755. The third-order valence-corrected chi connectivity index (χ3v) is 5.21. The number of carbonyl (C=O) groups excluding carboxylic acids is 1. The Morgan fingerprint density at radius 1 is 1.24 bits per heavy atom. The van der Waals surface area contributed by atoms with Crippen LogP contribution in [0.1, 0.15) is 20.8 Å². The number of ether oxygens (including phenoxy) is 1. The van der Waals surface area contributed by atoms with Gasteiger partial charge in [0.25, 0.3) is 0 Å². The lowest BCUT2D eigenvalue weighted by atomic mass is 10.0. The second kappa shape index (κ2) is 5.39. The van der Waals surface area contributed by atoms with Crippen LogP contribution in [0.25, 0.3) is 0 Å². The minimum absolute atomic E-state index is 0.192. The van der Waals surface area contributed by atoms with Crippen molar-refractivity contribution >= 4 is 38.5 Å². The Morgan fingerprint density at radius 2 is 1.86 bits per heavy atom. The summed E-state index contributed by atoms with van der Waals surface area (Å²) in [5.74, 6) is 1.00. The first kappa shape index (κ1) is 15.0. The lowest BCUT2D eigenvalue weighted by Gasteiger charge is -2.25. The highest BCUT2D eigenvalue weighted by atomic mass is 79.9. The summed E-state index contributed by atoms with van der Waals surface area (Å²) in [4.78, 5) is 16.2. The Bertz CT molecular complexity index is 531. The van der Waals surface area contributed by atoms with Gasteiger partial charge in [-0.25, -0.2) is 4.79 Å². The number of likely N-dealkylation sites (tertiary alicyclic amines) is 1. The summed E-state index contributed by atoms with van der Waals surface area (Å²) >= 11 is 4.90. The Labute approximate surface area is 136 Å². The first-order valence-electron chi connectivity index (χ1n) is 7.04. The monoisotopic (exact) mass is 374 g/mol. The summed E-state index contributed by atoms with van der Waals surface area (Å²) in [7, 11) is 0. The molecule has 2 aliphatic rings. The standard InChI is InChI=1S/C13H19BrN4O2S/c1-13(2,3)20-12(19)18-6-8-4-17(5-9(8)7-18)11-16-15-10(14)21-11/h8-9H,4-7H2,1-3H3/t8-,9?/m0/s1. The van der Waals surface area contributed by atoms with Crippen molar-refractivity contribution in [3.63, 3.8) is 0 Å². The smallest absolute Gasteiger partial charge is 0.410 e. The molecule has 8 heteroatoms. The van der Waals surface area contributed by atoms with Crippen LogP contribution in [0.2, 0.25) is 0 Å². The van der Waals surface area contributed by atoms with E-state index in [1.165, 1.54) is 0 Å². The van der Waals surface area contributed by atoms with Crippen LogP contribution >= 0.6 is 27.3 Å². The average molecular weight is 375 g/mol. The number of aromatic nitrogens is 2. The maximum atomic E-state index is 12.1. The molecule has 0 bridgehead atoms. The predicted molar refractivity (Wildman–Crippen MR) is 84.6 cm³/mol. The van der Waals surface area contributed by atoms with Gasteiger partial charge in [-0.15, -0.1) is 10.2 Å². The second-order valence-electron chi connectivity index (χ2n) is 6.65. The van der Waals surface area contributed by atoms with Crippen LogP contribution in [0.15, 0.2) is 3.92 Å². The summed E-state index contributed by atoms with van der Waals surface area (Å²) in [6.45, 7) is 9.12. The van der Waals surface area contributed by atoms with Gasteiger partial charge in [0.15, 0.2) is 3.92 Å². The second-order valence-corrected chi connectivity index (χ2v) is 8.88. The summed E-state index contributed by atoms with van der Waals surface area (Å²) in [5, 5.41) is 9.13. The number of anilines is 1. The van der Waals surface area contributed by atoms with E-state index in [4.69, 9.17) is 4.74 Å². The molecule has 1 unspecified atom stereocenters. The van der Waals surface area contributed by atoms with Crippen molar-refractivity contribution in [2.45, 2.75) is 26.4 Å². The molecule has 21 heavy (non-hydrogen) atoms. The Morgan fingerprint density at radius 3 is 2.33 bits per heavy atom. The van der Waals surface area contributed by atoms with Crippen molar-refractivity contribution in [1.82, 2.24) is 15.1 Å². The Kier molecular flexibility index (Phi) is 3.85. The number of hydrogen-bond acceptors (Lipinski definition) is 6. The Balaban J connectivity index is 1.58. The van der Waals surface area contributed by atoms with Crippen molar-refractivity contribution in [3.8, 4) is 0 Å². The van der Waals surface area contributed by atoms with Crippen molar-refractivity contribution in [3.05, 3.63) is 3.92 Å². The SMILES string of the molecule is CC(C)(C)OC(=O)N1CC2CN(c3nnc(Br)s3)C[C@H]2C1. The van der Waals surface area contributed by atoms with Crippen LogP contribution < -0.4 is 4.90 Å². The molecule has 3 rings (SSSR count). The molecule has 1 aromatic heterocycles. The third kappa shape index (κ3) is 3.31. The number of halogens is 1. The fraction of sp³-hybridized carbons (Fsp3) is 0.769. The summed E-state index contributed by atoms with van der Waals surface area (Å²) in [6.07, 6.45) is -0.192. The zero-order valence-corrected chi connectivity index (χ0v) is 14.8. The minimum Gasteiger partial charge on any atom is -0.444 e. The summed E-state index contributed by atoms with van der Waals surface area (Å²) in [6, 6.07) is 0. The lowest BCUT2D eigenvalue weighted by molar-refractivity contribution is 0.0282. The molecule has 1 amide bonds. The van der Waals surface area contributed by atoms with Gasteiger partial charge in [0.2, 0.25) is 5.13 Å². The van der Waals surface area contributed by atoms with Crippen LogP contribution in [0.4, 0.5) is 9.93 Å². The lowest BCUT2D eigenvalue weighted by Crippen LogP contribution is -2.37. The summed E-state index contributed by atoms with van der Waals surface area (Å²) in [5.41, 5.74) is -0.431. The zero-order valence-electron chi connectivity index (χ0n) is 12.4. The van der Waals surface area contributed by atoms with E-state index in [2.05, 4.69) is 31.0 Å². The normalized spacial score (nSPS) is 25.3. The summed E-state index contributed by atoms with van der Waals surface area (Å²) < 4.78 is 6.26. The van der Waals surface area contributed by atoms with Crippen molar-refractivity contribution in [2.24, 2.45) is 11.8 Å². The molecule has 0 N–H and O–H groups in total. The Hall–Kier alpha value is -0.890. The van der Waals surface area contributed by atoms with Crippen LogP contribution in [0.3, 0.4) is 0 Å². The van der Waals surface area contributed by atoms with Crippen molar-refractivity contribution in [2.75, 3.05) is 31.1 Å². The van der Waals surface area contributed by atoms with Crippen LogP contribution in [0, 0.1) is 11.8 Å². The van der Waals surface area contributed by atoms with Crippen LogP contribution in [-0.4, -0.2) is 53.0 Å². The number of carbonyl (C=O) groups is 1. The molecule has 0 aliphatic carbocycles. The van der Waals surface area contributed by atoms with Gasteiger partial charge in [0.1, 0.15) is 5.60 Å². The fourth-order valence-corrected chi connectivity index (χ4v) is 4.06. The van der Waals surface area contributed by atoms with Crippen molar-refractivity contribution in [1.29, 1.82) is 0 Å². The van der Waals surface area contributed by atoms with E-state index in [1.807, 2.05) is 25.7 Å². The minimum atomic E-state index is -0.431. The van der Waals surface area contributed by atoms with Crippen LogP contribution in [0.5, 0.6) is 0 Å². The number of hydrogen-bond donors (Lipinski definition) is 0. The number of amides is 1. The van der Waals surface area contributed by atoms with Gasteiger partial charge in [-0.3, -0.25) is 0 Å². The largest absolute Gasteiger partial charge is 0.444 e. The molecular formula is C13H19BrN4O2S. The first-order valence-corrected chi connectivity index (χ1v) is 8.64. The molecule has 1 aromatic rings. The van der Waals surface area contributed by atoms with Gasteiger partial charge in [0.05, 0.1) is 0 Å². The highest BCUT2D eigenvalue weighted by Gasteiger charge is 2.43. The van der Waals surface area contributed by atoms with Crippen molar-refractivity contribution < 1.29 is 9.53 Å². The van der Waals surface area contributed by atoms with Gasteiger partial charge in [0, 0.05) is 38.0 Å². The van der Waals surface area contributed by atoms with E-state index in [1.54, 1.807) is 11.3 Å². The van der Waals surface area contributed by atoms with Gasteiger partial charge < -0.3 is 14.5 Å². The zero-order chi connectivity index (χ0) is 15.2. The highest BCUT2D eigenvalue weighted by molar-refractivity contribution is 9.11. The highest BCUT2D eigenvalue weighted by Crippen LogP contribution is 2.36. The number of nitrogens with zero attached hydrogens (tertiary/aromatic N) is 4. The molecule has 2 saturated heterocycles. The van der Waals surface area contributed by atoms with E-state index in [0.717, 1.165) is 35.2 Å². The molecule has 0 radical (unpaired) electrons. The van der Waals surface area contributed by atoms with Gasteiger partial charge >= 0.3 is 6.09 Å². The van der Waals surface area contributed by atoms with Crippen LogP contribution in [-0.2, 0) is 4.74 Å². The maximum absolute atomic E-state index is 12.1. The molecule has 0 aromatic carbocycles. The molecule has 2 atom stereocenters. The molecule has 0 spiro atoms. The molecule has 3 heterocycles. The molecule has 2 fully saturated rings. The van der Waals surface area contributed by atoms with Gasteiger partial charge in [-0.2, -0.15) is 0 Å². The molecule has 116 valence electrons. The number of fused-ring (bicyclic) bond motifs is 1. The average Bonchev–Trinajstić information content (AvgIpc) is 2.98. The third-order valence-electron chi connectivity index (χ3n) is 3.80. The van der Waals surface area contributed by atoms with E-state index in [0.29, 0.717) is 11.8 Å². The number of rotatable bonds is 1. The van der Waals surface area contributed by atoms with E-state index in [-0.39, 0.29) is 6.09 Å². The van der Waals surface area contributed by atoms with E-state index >= 15 is 0 Å². The topological polar surface area (TPSA) is 58.6 Å². The molecule has 2 aliphatic heterocycles. The molecular weight excluding hydrogens is 356 g/mol. The van der Waals surface area contributed by atoms with E-state index in [9.17, 15) is 4.79 Å². The van der Waals surface area contributed by atoms with E-state index < -0.39 is 5.60 Å². The maximum Gasteiger partial charge on any atom is 0.410 e. The van der Waals surface area contributed by atoms with Gasteiger partial charge in [-0.05, 0) is 36.7 Å². The fourth-order valence-electron chi connectivity index (χ4n) is 2.95. The molecule has 6 nitrogen and oxygen atoms in total. The first-order chi connectivity index (χ1) is 9.82. The predicted octanol–water partition coefficient (Wildman–Crippen LogP) is 2.60. The molecule has 0 saturated carbocycles. The van der Waals surface area contributed by atoms with Gasteiger partial charge in [-0.1, -0.05) is 11.3 Å².